The van der Waals surface area contributed by atoms with Gasteiger partial charge >= 0.3 is 0 Å². The van der Waals surface area contributed by atoms with E-state index in [4.69, 9.17) is 10.5 Å². The predicted octanol–water partition coefficient (Wildman–Crippen LogP) is 1.10. The summed E-state index contributed by atoms with van der Waals surface area (Å²) >= 11 is 0. The van der Waals surface area contributed by atoms with Crippen molar-refractivity contribution in [3.63, 3.8) is 0 Å². The molecule has 1 aliphatic heterocycles. The lowest BCUT2D eigenvalue weighted by molar-refractivity contribution is -0.130. The Balaban J connectivity index is 2.05. The van der Waals surface area contributed by atoms with Crippen molar-refractivity contribution in [2.75, 3.05) is 31.2 Å². The van der Waals surface area contributed by atoms with Crippen LogP contribution in [0, 0.1) is 0 Å². The number of anilines is 2. The summed E-state index contributed by atoms with van der Waals surface area (Å²) in [6, 6.07) is 3.05. The molecule has 1 aliphatic rings. The molecule has 0 aromatic carbocycles. The number of likely N-dealkylation sites (tertiary alicyclic amines) is 1. The molecule has 1 aromatic rings. The number of nitrogens with two attached hydrogens (primary N) is 1. The molecule has 0 bridgehead atoms. The van der Waals surface area contributed by atoms with Crippen LogP contribution in [-0.4, -0.2) is 42.0 Å². The summed E-state index contributed by atoms with van der Waals surface area (Å²) in [5.74, 6) is 1.04. The molecule has 1 amide bonds. The van der Waals surface area contributed by atoms with Crippen molar-refractivity contribution in [3.05, 3.63) is 12.1 Å². The lowest BCUT2D eigenvalue weighted by atomic mass is 10.2. The number of aromatic nitrogens is 1. The summed E-state index contributed by atoms with van der Waals surface area (Å²) in [6.07, 6.45) is 2.16. The third-order valence-corrected chi connectivity index (χ3v) is 3.25. The highest BCUT2D eigenvalue weighted by molar-refractivity contribution is 5.85. The number of hydrogen-bond acceptors (Lipinski definition) is 5. The van der Waals surface area contributed by atoms with Crippen LogP contribution < -0.4 is 15.8 Å². The highest BCUT2D eigenvalue weighted by Crippen LogP contribution is 2.21. The minimum absolute atomic E-state index is 0.0847. The molecule has 6 nitrogen and oxygen atoms in total. The van der Waals surface area contributed by atoms with Gasteiger partial charge in [-0.25, -0.2) is 0 Å². The fourth-order valence-corrected chi connectivity index (χ4v) is 2.16. The zero-order valence-corrected chi connectivity index (χ0v) is 11.3. The van der Waals surface area contributed by atoms with Crippen molar-refractivity contribution < 1.29 is 9.53 Å². The Labute approximate surface area is 112 Å². The number of nitrogens with one attached hydrogen (secondary N) is 1. The third-order valence-electron chi connectivity index (χ3n) is 3.25. The summed E-state index contributed by atoms with van der Waals surface area (Å²) in [7, 11) is 1.54. The zero-order chi connectivity index (χ0) is 13.8. The zero-order valence-electron chi connectivity index (χ0n) is 11.3. The number of carbonyl (C=O) groups excluding carboxylic acids is 1. The number of amides is 1. The topological polar surface area (TPSA) is 80.5 Å². The molecule has 0 saturated carbocycles. The third kappa shape index (κ3) is 3.07. The van der Waals surface area contributed by atoms with Crippen molar-refractivity contribution in [2.24, 2.45) is 0 Å². The maximum absolute atomic E-state index is 12.2. The fraction of sp³-hybridized carbons (Fsp3) is 0.538. The molecule has 0 aliphatic carbocycles. The van der Waals surface area contributed by atoms with Gasteiger partial charge in [-0.05, 0) is 25.8 Å². The lowest BCUT2D eigenvalue weighted by Crippen LogP contribution is -2.39. The Kier molecular flexibility index (Phi) is 4.09. The van der Waals surface area contributed by atoms with Crippen molar-refractivity contribution in [3.8, 4) is 5.88 Å². The number of nitrogen functional groups attached to an aromatic ring is 1. The molecule has 6 heteroatoms. The molecule has 2 rings (SSSR count). The molecule has 19 heavy (non-hydrogen) atoms. The molecule has 0 radical (unpaired) electrons. The minimum atomic E-state index is -0.347. The van der Waals surface area contributed by atoms with Crippen LogP contribution in [0.1, 0.15) is 19.8 Å². The Morgan fingerprint density at radius 2 is 2.16 bits per heavy atom. The Hall–Kier alpha value is -1.98. The number of pyridine rings is 1. The maximum atomic E-state index is 12.2. The highest BCUT2D eigenvalue weighted by Gasteiger charge is 2.23. The molecule has 1 fully saturated rings. The van der Waals surface area contributed by atoms with Gasteiger partial charge in [-0.2, -0.15) is 4.98 Å². The maximum Gasteiger partial charge on any atom is 0.244 e. The van der Waals surface area contributed by atoms with Gasteiger partial charge in [-0.3, -0.25) is 4.79 Å². The molecular weight excluding hydrogens is 244 g/mol. The monoisotopic (exact) mass is 264 g/mol. The molecule has 104 valence electrons. The Morgan fingerprint density at radius 1 is 1.47 bits per heavy atom. The van der Waals surface area contributed by atoms with Gasteiger partial charge in [0, 0.05) is 19.2 Å². The van der Waals surface area contributed by atoms with Crippen molar-refractivity contribution >= 4 is 17.4 Å². The summed E-state index contributed by atoms with van der Waals surface area (Å²) < 4.78 is 5.05. The molecule has 2 heterocycles. The van der Waals surface area contributed by atoms with Crippen LogP contribution >= 0.6 is 0 Å². The van der Waals surface area contributed by atoms with E-state index in [1.165, 1.54) is 0 Å². The first-order valence-electron chi connectivity index (χ1n) is 6.47. The van der Waals surface area contributed by atoms with Crippen molar-refractivity contribution in [2.45, 2.75) is 25.8 Å². The molecular formula is C13H20N4O2. The molecule has 0 spiro atoms. The summed E-state index contributed by atoms with van der Waals surface area (Å²) in [5.41, 5.74) is 6.34. The van der Waals surface area contributed by atoms with Gasteiger partial charge in [0.15, 0.2) is 5.82 Å². The van der Waals surface area contributed by atoms with Gasteiger partial charge in [0.25, 0.3) is 0 Å². The molecule has 1 aromatic heterocycles. The second-order valence-corrected chi connectivity index (χ2v) is 4.69. The van der Waals surface area contributed by atoms with E-state index in [0.29, 0.717) is 17.4 Å². The van der Waals surface area contributed by atoms with E-state index >= 15 is 0 Å². The van der Waals surface area contributed by atoms with Crippen LogP contribution in [0.5, 0.6) is 5.88 Å². The van der Waals surface area contributed by atoms with E-state index in [1.54, 1.807) is 19.2 Å². The number of carbonyl (C=O) groups is 1. The normalized spacial score (nSPS) is 16.2. The second kappa shape index (κ2) is 5.77. The molecule has 1 atom stereocenters. The smallest absolute Gasteiger partial charge is 0.244 e. The Morgan fingerprint density at radius 3 is 2.79 bits per heavy atom. The van der Waals surface area contributed by atoms with Gasteiger partial charge < -0.3 is 20.7 Å². The first-order valence-corrected chi connectivity index (χ1v) is 6.47. The summed E-state index contributed by atoms with van der Waals surface area (Å²) in [5, 5.41) is 3.05. The van der Waals surface area contributed by atoms with Crippen LogP contribution in [-0.2, 0) is 4.79 Å². The number of rotatable bonds is 4. The first-order chi connectivity index (χ1) is 9.11. The summed E-state index contributed by atoms with van der Waals surface area (Å²) in [4.78, 5) is 18.3. The number of hydrogen-bond donors (Lipinski definition) is 2. The van der Waals surface area contributed by atoms with E-state index in [2.05, 4.69) is 10.3 Å². The second-order valence-electron chi connectivity index (χ2n) is 4.69. The van der Waals surface area contributed by atoms with Crippen LogP contribution in [0.4, 0.5) is 11.5 Å². The predicted molar refractivity (Wildman–Crippen MR) is 74.1 cm³/mol. The van der Waals surface area contributed by atoms with E-state index < -0.39 is 0 Å². The number of nitrogens with zero attached hydrogens (tertiary/aromatic N) is 2. The van der Waals surface area contributed by atoms with Gasteiger partial charge in [0.05, 0.1) is 12.8 Å². The average molecular weight is 264 g/mol. The van der Waals surface area contributed by atoms with Crippen LogP contribution in [0.2, 0.25) is 0 Å². The minimum Gasteiger partial charge on any atom is -0.481 e. The van der Waals surface area contributed by atoms with Crippen molar-refractivity contribution in [1.82, 2.24) is 9.88 Å². The van der Waals surface area contributed by atoms with Crippen molar-refractivity contribution in [1.29, 1.82) is 0 Å². The average Bonchev–Trinajstić information content (AvgIpc) is 2.94. The SMILES string of the molecule is COc1ccc(N)c(NC(C)C(=O)N2CCCC2)n1. The van der Waals surface area contributed by atoms with E-state index in [1.807, 2.05) is 11.8 Å². The van der Waals surface area contributed by atoms with Crippen LogP contribution in [0.25, 0.3) is 0 Å². The van der Waals surface area contributed by atoms with E-state index in [9.17, 15) is 4.79 Å². The van der Waals surface area contributed by atoms with Gasteiger partial charge in [-0.15, -0.1) is 0 Å². The fourth-order valence-electron chi connectivity index (χ4n) is 2.16. The highest BCUT2D eigenvalue weighted by atomic mass is 16.5. The lowest BCUT2D eigenvalue weighted by Gasteiger charge is -2.22. The molecule has 1 saturated heterocycles. The van der Waals surface area contributed by atoms with Crippen LogP contribution in [0.15, 0.2) is 12.1 Å². The van der Waals surface area contributed by atoms with E-state index in [-0.39, 0.29) is 11.9 Å². The molecule has 1 unspecified atom stereocenters. The van der Waals surface area contributed by atoms with Gasteiger partial charge in [0.1, 0.15) is 6.04 Å². The number of methoxy groups -OCH3 is 1. The Bertz CT molecular complexity index is 458. The quantitative estimate of drug-likeness (QED) is 0.851. The van der Waals surface area contributed by atoms with Crippen LogP contribution in [0.3, 0.4) is 0 Å². The van der Waals surface area contributed by atoms with Gasteiger partial charge in [0.2, 0.25) is 11.8 Å². The summed E-state index contributed by atoms with van der Waals surface area (Å²) in [6.45, 7) is 3.50. The van der Waals surface area contributed by atoms with E-state index in [0.717, 1.165) is 25.9 Å². The number of ether oxygens (including phenoxy) is 1. The standard InChI is InChI=1S/C13H20N4O2/c1-9(13(18)17-7-3-4-8-17)15-12-10(14)5-6-11(16-12)19-2/h5-6,9H,3-4,7-8,14H2,1-2H3,(H,15,16). The van der Waals surface area contributed by atoms with Gasteiger partial charge in [-0.1, -0.05) is 0 Å². The molecule has 3 N–H and O–H groups in total. The first kappa shape index (κ1) is 13.5. The largest absolute Gasteiger partial charge is 0.481 e.